The van der Waals surface area contributed by atoms with E-state index in [0.29, 0.717) is 27.8 Å². The molecule has 1 N–H and O–H groups in total. The van der Waals surface area contributed by atoms with E-state index < -0.39 is 5.97 Å². The Morgan fingerprint density at radius 1 is 0.694 bits per heavy atom. The van der Waals surface area contributed by atoms with Gasteiger partial charge in [0, 0.05) is 21.2 Å². The lowest BCUT2D eigenvalue weighted by atomic mass is 9.99. The third-order valence-corrected chi connectivity index (χ3v) is 6.03. The smallest absolute Gasteiger partial charge is 0.338 e. The highest BCUT2D eigenvalue weighted by molar-refractivity contribution is 6.34. The number of carbonyl (C=O) groups is 2. The minimum absolute atomic E-state index is 0.262. The molecule has 4 aromatic rings. The Balaban J connectivity index is 0.000000202. The Labute approximate surface area is 221 Å². The van der Waals surface area contributed by atoms with Gasteiger partial charge in [-0.3, -0.25) is 0 Å². The van der Waals surface area contributed by atoms with Crippen LogP contribution in [0, 0.1) is 13.8 Å². The van der Waals surface area contributed by atoms with Crippen LogP contribution in [0.4, 0.5) is 0 Å². The number of carboxylic acids is 1. The first kappa shape index (κ1) is 27.0. The number of carbonyl (C=O) groups excluding carboxylic acids is 1. The van der Waals surface area contributed by atoms with Crippen LogP contribution in [0.25, 0.3) is 22.3 Å². The lowest BCUT2D eigenvalue weighted by Crippen LogP contribution is -2.06. The SMILES string of the molecule is CCOC(=O)c1ccccc1-c1ccc(C)cc1Cl.Cc1ccc(-c2ccccc2C(=O)O)c(Cl)c1. The van der Waals surface area contributed by atoms with Crippen molar-refractivity contribution in [3.8, 4) is 22.3 Å². The van der Waals surface area contributed by atoms with E-state index in [-0.39, 0.29) is 11.5 Å². The maximum atomic E-state index is 12.0. The molecule has 0 atom stereocenters. The molecule has 0 saturated heterocycles. The van der Waals surface area contributed by atoms with E-state index >= 15 is 0 Å². The van der Waals surface area contributed by atoms with Gasteiger partial charge in [-0.2, -0.15) is 0 Å². The third kappa shape index (κ3) is 6.54. The second-order valence-corrected chi connectivity index (χ2v) is 8.90. The van der Waals surface area contributed by atoms with Gasteiger partial charge in [0.05, 0.1) is 17.7 Å². The van der Waals surface area contributed by atoms with E-state index in [4.69, 9.17) is 33.0 Å². The van der Waals surface area contributed by atoms with Crippen LogP contribution in [-0.4, -0.2) is 23.7 Å². The molecular formula is C30H26Cl2O4. The molecular weight excluding hydrogens is 495 g/mol. The average Bonchev–Trinajstić information content (AvgIpc) is 2.85. The average molecular weight is 521 g/mol. The van der Waals surface area contributed by atoms with Crippen molar-refractivity contribution in [2.45, 2.75) is 20.8 Å². The first-order chi connectivity index (χ1) is 17.2. The summed E-state index contributed by atoms with van der Waals surface area (Å²) in [5.74, 6) is -1.27. The monoisotopic (exact) mass is 520 g/mol. The van der Waals surface area contributed by atoms with Gasteiger partial charge in [0.1, 0.15) is 0 Å². The first-order valence-corrected chi connectivity index (χ1v) is 12.1. The van der Waals surface area contributed by atoms with Gasteiger partial charge in [-0.25, -0.2) is 9.59 Å². The van der Waals surface area contributed by atoms with E-state index in [0.717, 1.165) is 27.8 Å². The van der Waals surface area contributed by atoms with Crippen molar-refractivity contribution in [2.75, 3.05) is 6.61 Å². The summed E-state index contributed by atoms with van der Waals surface area (Å²) < 4.78 is 5.07. The lowest BCUT2D eigenvalue weighted by Gasteiger charge is -2.10. The van der Waals surface area contributed by atoms with Gasteiger partial charge in [0.25, 0.3) is 0 Å². The predicted octanol–water partition coefficient (Wildman–Crippen LogP) is 8.51. The molecule has 6 heteroatoms. The van der Waals surface area contributed by atoms with Crippen molar-refractivity contribution < 1.29 is 19.4 Å². The standard InChI is InChI=1S/C16H15ClO2.C14H11ClO2/c1-3-19-16(18)14-7-5-4-6-12(14)13-9-8-11(2)10-15(13)17;1-9-6-7-11(13(15)8-9)10-4-2-3-5-12(10)14(16)17/h4-10H,3H2,1-2H3;2-8H,1H3,(H,16,17). The molecule has 4 nitrogen and oxygen atoms in total. The fraction of sp³-hybridized carbons (Fsp3) is 0.133. The fourth-order valence-electron chi connectivity index (χ4n) is 3.69. The number of carboxylic acid groups (broad SMARTS) is 1. The second kappa shape index (κ2) is 12.4. The summed E-state index contributed by atoms with van der Waals surface area (Å²) in [5.41, 5.74) is 5.96. The molecule has 0 unspecified atom stereocenters. The highest BCUT2D eigenvalue weighted by Gasteiger charge is 2.15. The predicted molar refractivity (Wildman–Crippen MR) is 146 cm³/mol. The molecule has 0 aliphatic carbocycles. The zero-order valence-electron chi connectivity index (χ0n) is 20.2. The normalized spacial score (nSPS) is 10.2. The Kier molecular flexibility index (Phi) is 9.29. The molecule has 4 rings (SSSR count). The van der Waals surface area contributed by atoms with Gasteiger partial charge in [0.15, 0.2) is 0 Å². The molecule has 0 spiro atoms. The number of aromatic carboxylic acids is 1. The van der Waals surface area contributed by atoms with Gasteiger partial charge >= 0.3 is 11.9 Å². The van der Waals surface area contributed by atoms with Gasteiger partial charge in [-0.1, -0.05) is 83.9 Å². The molecule has 184 valence electrons. The lowest BCUT2D eigenvalue weighted by molar-refractivity contribution is 0.0526. The minimum atomic E-state index is -0.947. The summed E-state index contributed by atoms with van der Waals surface area (Å²) in [4.78, 5) is 23.1. The molecule has 0 bridgehead atoms. The number of hydrogen-bond donors (Lipinski definition) is 1. The summed E-state index contributed by atoms with van der Waals surface area (Å²) in [7, 11) is 0. The fourth-order valence-corrected chi connectivity index (χ4v) is 4.36. The highest BCUT2D eigenvalue weighted by Crippen LogP contribution is 2.32. The maximum Gasteiger partial charge on any atom is 0.338 e. The van der Waals surface area contributed by atoms with Crippen molar-refractivity contribution in [3.05, 3.63) is 117 Å². The zero-order valence-corrected chi connectivity index (χ0v) is 21.7. The van der Waals surface area contributed by atoms with E-state index in [1.165, 1.54) is 0 Å². The number of hydrogen-bond acceptors (Lipinski definition) is 3. The summed E-state index contributed by atoms with van der Waals surface area (Å²) in [6.07, 6.45) is 0. The van der Waals surface area contributed by atoms with Crippen LogP contribution < -0.4 is 0 Å². The van der Waals surface area contributed by atoms with E-state index in [1.54, 1.807) is 37.3 Å². The molecule has 0 aliphatic rings. The van der Waals surface area contributed by atoms with Crippen molar-refractivity contribution in [3.63, 3.8) is 0 Å². The van der Waals surface area contributed by atoms with Crippen LogP contribution in [0.5, 0.6) is 0 Å². The number of halogens is 2. The molecule has 36 heavy (non-hydrogen) atoms. The number of rotatable bonds is 5. The summed E-state index contributed by atoms with van der Waals surface area (Å²) >= 11 is 12.4. The Hall–Kier alpha value is -3.60. The second-order valence-electron chi connectivity index (χ2n) is 8.08. The number of aryl methyl sites for hydroxylation is 2. The first-order valence-electron chi connectivity index (χ1n) is 11.3. The third-order valence-electron chi connectivity index (χ3n) is 5.41. The maximum absolute atomic E-state index is 12.0. The van der Waals surface area contributed by atoms with Gasteiger partial charge in [0.2, 0.25) is 0 Å². The Morgan fingerprint density at radius 2 is 1.14 bits per heavy atom. The molecule has 0 aliphatic heterocycles. The summed E-state index contributed by atoms with van der Waals surface area (Å²) in [6.45, 7) is 6.07. The topological polar surface area (TPSA) is 63.6 Å². The van der Waals surface area contributed by atoms with E-state index in [9.17, 15) is 9.59 Å². The Morgan fingerprint density at radius 3 is 1.58 bits per heavy atom. The van der Waals surface area contributed by atoms with Crippen molar-refractivity contribution >= 4 is 35.1 Å². The molecule has 0 amide bonds. The van der Waals surface area contributed by atoms with Crippen molar-refractivity contribution in [1.82, 2.24) is 0 Å². The molecule has 0 heterocycles. The number of ether oxygens (including phenoxy) is 1. The van der Waals surface area contributed by atoms with Crippen LogP contribution in [0.1, 0.15) is 38.8 Å². The number of esters is 1. The quantitative estimate of drug-likeness (QED) is 0.268. The molecule has 0 fully saturated rings. The Bertz CT molecular complexity index is 1400. The van der Waals surface area contributed by atoms with E-state index in [1.807, 2.05) is 68.4 Å². The highest BCUT2D eigenvalue weighted by atomic mass is 35.5. The van der Waals surface area contributed by atoms with Crippen LogP contribution in [0.3, 0.4) is 0 Å². The van der Waals surface area contributed by atoms with Gasteiger partial charge in [-0.15, -0.1) is 0 Å². The van der Waals surface area contributed by atoms with Crippen molar-refractivity contribution in [1.29, 1.82) is 0 Å². The van der Waals surface area contributed by atoms with Gasteiger partial charge in [-0.05, 0) is 67.3 Å². The van der Waals surface area contributed by atoms with Crippen LogP contribution in [-0.2, 0) is 4.74 Å². The summed E-state index contributed by atoms with van der Waals surface area (Å²) in [5, 5.41) is 10.3. The van der Waals surface area contributed by atoms with Crippen molar-refractivity contribution in [2.24, 2.45) is 0 Å². The molecule has 0 radical (unpaired) electrons. The summed E-state index contributed by atoms with van der Waals surface area (Å²) in [6, 6.07) is 25.6. The van der Waals surface area contributed by atoms with Gasteiger partial charge < -0.3 is 9.84 Å². The molecule has 0 saturated carbocycles. The van der Waals surface area contributed by atoms with Crippen LogP contribution in [0.2, 0.25) is 10.0 Å². The number of benzene rings is 4. The molecule has 0 aromatic heterocycles. The van der Waals surface area contributed by atoms with Crippen LogP contribution >= 0.6 is 23.2 Å². The zero-order chi connectivity index (χ0) is 26.2. The van der Waals surface area contributed by atoms with Crippen LogP contribution in [0.15, 0.2) is 84.9 Å². The largest absolute Gasteiger partial charge is 0.478 e. The minimum Gasteiger partial charge on any atom is -0.478 e. The molecule has 4 aromatic carbocycles. The van der Waals surface area contributed by atoms with E-state index in [2.05, 4.69) is 0 Å².